The summed E-state index contributed by atoms with van der Waals surface area (Å²) < 4.78 is 11.7. The Balaban J connectivity index is 1.24. The number of para-hydroxylation sites is 2. The fourth-order valence-electron chi connectivity index (χ4n) is 4.99. The van der Waals surface area contributed by atoms with Gasteiger partial charge < -0.3 is 29.3 Å². The number of aliphatic hydroxyl groups excluding tert-OH is 1. The predicted octanol–water partition coefficient (Wildman–Crippen LogP) is 2.82. The van der Waals surface area contributed by atoms with Crippen LogP contribution in [0.4, 0.5) is 5.69 Å². The number of hydrogen-bond donors (Lipinski definition) is 1. The third kappa shape index (κ3) is 6.75. The predicted molar refractivity (Wildman–Crippen MR) is 138 cm³/mol. The molecule has 0 unspecified atom stereocenters. The number of carbonyl (C=O) groups excluding carboxylic acids is 1. The fraction of sp³-hybridized carbons (Fsp3) is 0.536. The summed E-state index contributed by atoms with van der Waals surface area (Å²) in [5.74, 6) is 0.759. The van der Waals surface area contributed by atoms with Crippen molar-refractivity contribution >= 4 is 11.6 Å². The van der Waals surface area contributed by atoms with Gasteiger partial charge in [-0.2, -0.15) is 0 Å². The molecule has 0 bridgehead atoms. The number of piperazine rings is 1. The van der Waals surface area contributed by atoms with Crippen LogP contribution in [0.15, 0.2) is 54.6 Å². The van der Waals surface area contributed by atoms with Gasteiger partial charge in [-0.1, -0.05) is 42.5 Å². The van der Waals surface area contributed by atoms with E-state index in [0.717, 1.165) is 56.9 Å². The highest BCUT2D eigenvalue weighted by molar-refractivity contribution is 5.82. The first-order chi connectivity index (χ1) is 17.0. The lowest BCUT2D eigenvalue weighted by Gasteiger charge is -2.40. The maximum absolute atomic E-state index is 13.3. The fourth-order valence-corrected chi connectivity index (χ4v) is 4.99. The van der Waals surface area contributed by atoms with Crippen LogP contribution in [0, 0.1) is 0 Å². The molecule has 3 atom stereocenters. The third-order valence-electron chi connectivity index (χ3n) is 7.19. The number of benzene rings is 2. The molecule has 2 saturated heterocycles. The zero-order chi connectivity index (χ0) is 24.6. The molecule has 0 saturated carbocycles. The lowest BCUT2D eigenvalue weighted by Crippen LogP contribution is -2.56. The van der Waals surface area contributed by atoms with E-state index < -0.39 is 12.2 Å². The van der Waals surface area contributed by atoms with Crippen LogP contribution in [-0.2, 0) is 16.0 Å². The standard InChI is InChI=1S/C28H39N3O4/c1-29(16-14-22-8-4-3-5-9-22)17-15-23-12-13-25(32)27(35-23)28(33)31-20-18-30(19-21-31)24-10-6-7-11-26(24)34-2/h3-11,23,25,27,32H,12-21H2,1-2H3/t23-,25+,27+/m1/s1. The molecule has 7 nitrogen and oxygen atoms in total. The number of methoxy groups -OCH3 is 1. The van der Waals surface area contributed by atoms with Crippen molar-refractivity contribution in [1.82, 2.24) is 9.80 Å². The van der Waals surface area contributed by atoms with Crippen LogP contribution in [0.1, 0.15) is 24.8 Å². The zero-order valence-corrected chi connectivity index (χ0v) is 21.0. The highest BCUT2D eigenvalue weighted by Gasteiger charge is 2.38. The molecule has 0 radical (unpaired) electrons. The molecule has 0 aromatic heterocycles. The first-order valence-electron chi connectivity index (χ1n) is 12.8. The van der Waals surface area contributed by atoms with Crippen LogP contribution >= 0.6 is 0 Å². The molecule has 2 aromatic carbocycles. The first-order valence-corrected chi connectivity index (χ1v) is 12.8. The van der Waals surface area contributed by atoms with Crippen molar-refractivity contribution in [3.05, 3.63) is 60.2 Å². The summed E-state index contributed by atoms with van der Waals surface area (Å²) in [6, 6.07) is 18.5. The Kier molecular flexibility index (Phi) is 9.01. The Morgan fingerprint density at radius 2 is 1.74 bits per heavy atom. The normalized spacial score (nSPS) is 22.9. The Labute approximate surface area is 209 Å². The van der Waals surface area contributed by atoms with Gasteiger partial charge in [0.2, 0.25) is 0 Å². The van der Waals surface area contributed by atoms with Gasteiger partial charge in [0.1, 0.15) is 5.75 Å². The number of aliphatic hydroxyl groups is 1. The number of rotatable bonds is 9. The summed E-state index contributed by atoms with van der Waals surface area (Å²) in [7, 11) is 3.81. The molecule has 2 fully saturated rings. The molecule has 2 aliphatic rings. The van der Waals surface area contributed by atoms with Crippen LogP contribution in [0.2, 0.25) is 0 Å². The van der Waals surface area contributed by atoms with Crippen molar-refractivity contribution in [2.24, 2.45) is 0 Å². The molecular formula is C28H39N3O4. The number of carbonyl (C=O) groups is 1. The molecule has 35 heavy (non-hydrogen) atoms. The van der Waals surface area contributed by atoms with Crippen LogP contribution < -0.4 is 9.64 Å². The zero-order valence-electron chi connectivity index (χ0n) is 21.0. The Morgan fingerprint density at radius 1 is 1.03 bits per heavy atom. The number of ether oxygens (including phenoxy) is 2. The van der Waals surface area contributed by atoms with Crippen molar-refractivity contribution in [3.63, 3.8) is 0 Å². The van der Waals surface area contributed by atoms with Crippen molar-refractivity contribution in [1.29, 1.82) is 0 Å². The smallest absolute Gasteiger partial charge is 0.254 e. The number of nitrogens with zero attached hydrogens (tertiary/aromatic N) is 3. The Morgan fingerprint density at radius 3 is 2.49 bits per heavy atom. The molecule has 2 heterocycles. The van der Waals surface area contributed by atoms with E-state index in [4.69, 9.17) is 9.47 Å². The van der Waals surface area contributed by atoms with E-state index in [1.807, 2.05) is 35.2 Å². The topological polar surface area (TPSA) is 65.5 Å². The lowest BCUT2D eigenvalue weighted by molar-refractivity contribution is -0.168. The summed E-state index contributed by atoms with van der Waals surface area (Å²) >= 11 is 0. The number of likely N-dealkylation sites (N-methyl/N-ethyl adjacent to an activating group) is 1. The molecule has 2 aliphatic heterocycles. The van der Waals surface area contributed by atoms with Crippen molar-refractivity contribution in [2.75, 3.05) is 58.3 Å². The Hall–Kier alpha value is -2.61. The van der Waals surface area contributed by atoms with Crippen LogP contribution in [0.3, 0.4) is 0 Å². The van der Waals surface area contributed by atoms with Gasteiger partial charge in [0.05, 0.1) is 25.0 Å². The van der Waals surface area contributed by atoms with Gasteiger partial charge in [-0.05, 0) is 50.4 Å². The molecule has 1 N–H and O–H groups in total. The second-order valence-corrected chi connectivity index (χ2v) is 9.64. The Bertz CT molecular complexity index is 933. The minimum atomic E-state index is -0.763. The molecule has 0 spiro atoms. The van der Waals surface area contributed by atoms with E-state index >= 15 is 0 Å². The second kappa shape index (κ2) is 12.4. The number of anilines is 1. The summed E-state index contributed by atoms with van der Waals surface area (Å²) in [5, 5.41) is 10.6. The van der Waals surface area contributed by atoms with Crippen molar-refractivity contribution < 1.29 is 19.4 Å². The van der Waals surface area contributed by atoms with E-state index in [-0.39, 0.29) is 12.0 Å². The van der Waals surface area contributed by atoms with Crippen LogP contribution in [-0.4, -0.2) is 92.6 Å². The van der Waals surface area contributed by atoms with E-state index in [0.29, 0.717) is 19.5 Å². The summed E-state index contributed by atoms with van der Waals surface area (Å²) in [4.78, 5) is 19.7. The third-order valence-corrected chi connectivity index (χ3v) is 7.19. The molecule has 7 heteroatoms. The number of amides is 1. The largest absolute Gasteiger partial charge is 0.495 e. The molecule has 2 aromatic rings. The van der Waals surface area contributed by atoms with Crippen molar-refractivity contribution in [3.8, 4) is 5.75 Å². The minimum Gasteiger partial charge on any atom is -0.495 e. The highest BCUT2D eigenvalue weighted by atomic mass is 16.5. The molecule has 190 valence electrons. The van der Waals surface area contributed by atoms with Gasteiger partial charge in [-0.3, -0.25) is 4.79 Å². The molecule has 0 aliphatic carbocycles. The summed E-state index contributed by atoms with van der Waals surface area (Å²) in [5.41, 5.74) is 2.39. The summed E-state index contributed by atoms with van der Waals surface area (Å²) in [6.07, 6.45) is 1.78. The van der Waals surface area contributed by atoms with E-state index in [1.165, 1.54) is 5.56 Å². The molecule has 4 rings (SSSR count). The highest BCUT2D eigenvalue weighted by Crippen LogP contribution is 2.29. The van der Waals surface area contributed by atoms with Gasteiger partial charge in [0.25, 0.3) is 5.91 Å². The second-order valence-electron chi connectivity index (χ2n) is 9.64. The SMILES string of the molecule is COc1ccccc1N1CCN(C(=O)[C@H]2O[C@@H](CCN(C)CCc3ccccc3)CC[C@@H]2O)CC1. The van der Waals surface area contributed by atoms with E-state index in [2.05, 4.69) is 41.1 Å². The lowest BCUT2D eigenvalue weighted by atomic mass is 9.98. The molecular weight excluding hydrogens is 442 g/mol. The average molecular weight is 482 g/mol. The quantitative estimate of drug-likeness (QED) is 0.594. The van der Waals surface area contributed by atoms with Gasteiger partial charge in [-0.15, -0.1) is 0 Å². The van der Waals surface area contributed by atoms with E-state index in [9.17, 15) is 9.90 Å². The number of hydrogen-bond acceptors (Lipinski definition) is 6. The monoisotopic (exact) mass is 481 g/mol. The maximum Gasteiger partial charge on any atom is 0.254 e. The first kappa shape index (κ1) is 25.5. The van der Waals surface area contributed by atoms with Crippen molar-refractivity contribution in [2.45, 2.75) is 44.0 Å². The average Bonchev–Trinajstić information content (AvgIpc) is 2.91. The minimum absolute atomic E-state index is 0.00129. The van der Waals surface area contributed by atoms with Gasteiger partial charge in [-0.25, -0.2) is 0 Å². The van der Waals surface area contributed by atoms with Gasteiger partial charge in [0, 0.05) is 39.3 Å². The summed E-state index contributed by atoms with van der Waals surface area (Å²) in [6.45, 7) is 4.56. The van der Waals surface area contributed by atoms with Crippen LogP contribution in [0.25, 0.3) is 0 Å². The van der Waals surface area contributed by atoms with Gasteiger partial charge in [0.15, 0.2) is 6.10 Å². The van der Waals surface area contributed by atoms with Gasteiger partial charge >= 0.3 is 0 Å². The molecule has 1 amide bonds. The maximum atomic E-state index is 13.3. The van der Waals surface area contributed by atoms with Crippen LogP contribution in [0.5, 0.6) is 5.75 Å². The van der Waals surface area contributed by atoms with E-state index in [1.54, 1.807) is 7.11 Å².